The second-order valence-corrected chi connectivity index (χ2v) is 26.8. The van der Waals surface area contributed by atoms with Crippen LogP contribution in [-0.2, 0) is 62.3 Å². The molecular weight excluding hydrogens is 1260 g/mol. The minimum atomic E-state index is -1.81. The highest BCUT2D eigenvalue weighted by atomic mass is 16.4. The third-order valence-electron chi connectivity index (χ3n) is 16.0. The number of aliphatic hydroxyl groups is 2. The van der Waals surface area contributed by atoms with E-state index in [1.807, 2.05) is 0 Å². The van der Waals surface area contributed by atoms with Crippen molar-refractivity contribution in [2.45, 2.75) is 271 Å². The van der Waals surface area contributed by atoms with Gasteiger partial charge in [-0.15, -0.1) is 0 Å². The zero-order valence-corrected chi connectivity index (χ0v) is 59.6. The lowest BCUT2D eigenvalue weighted by Crippen LogP contribution is -2.63. The molecule has 25 N–H and O–H groups in total. The van der Waals surface area contributed by atoms with E-state index in [-0.39, 0.29) is 38.1 Å². The molecular formula is C64H121N17O16. The number of carbonyl (C=O) groups excluding carboxylic acids is 12. The van der Waals surface area contributed by atoms with E-state index in [0.29, 0.717) is 77.4 Å². The predicted octanol–water partition coefficient (Wildman–Crippen LogP) is -3.80. The number of rotatable bonds is 49. The predicted molar refractivity (Wildman–Crippen MR) is 364 cm³/mol. The van der Waals surface area contributed by atoms with Crippen LogP contribution in [0.1, 0.15) is 180 Å². The standard InChI is InChI=1S/C64H121N17O16/c1-32(2)31-45(58(90)79-49(36(9)10)64(96)97)75-60(92)47(34(5)6)78-62(94)51(40(14)83)81-63(95)50(39(13)82)80-53(85)38(12)70-52(84)37(11)71-59(91)46(33(3)4)77-61(93)48(35(7)8)76-57(89)44(26-18-22-30-68)74-56(88)43(25-17-21-29-67)73-55(87)42(24-16-20-28-66)72-54(86)41(69)23-15-19-27-65/h32-51,82-83H,15-31,65-69H2,1-14H3,(H,70,84)(H,71,91)(H,72,86)(H,73,87)(H,74,88)(H,75,92)(H,76,89)(H,77,93)(H,78,94)(H,79,90)(H,80,85)(H,81,95)(H,96,97)/t37-,38-,39+,40+,41-,42-,43-,44-,45-,46-,47-,48-,49-,50-,51-/m0/s1. The molecule has 0 spiro atoms. The van der Waals surface area contributed by atoms with Crippen molar-refractivity contribution < 1.29 is 77.6 Å². The molecule has 0 radical (unpaired) electrons. The lowest BCUT2D eigenvalue weighted by molar-refractivity contribution is -0.143. The van der Waals surface area contributed by atoms with Crippen LogP contribution in [0.3, 0.4) is 0 Å². The van der Waals surface area contributed by atoms with E-state index >= 15 is 0 Å². The monoisotopic (exact) mass is 1380 g/mol. The number of aliphatic carboxylic acids is 1. The zero-order chi connectivity index (χ0) is 74.6. The summed E-state index contributed by atoms with van der Waals surface area (Å²) in [4.78, 5) is 177. The molecule has 15 atom stereocenters. The van der Waals surface area contributed by atoms with E-state index in [4.69, 9.17) is 28.7 Å². The van der Waals surface area contributed by atoms with Gasteiger partial charge < -0.3 is 108 Å². The maximum atomic E-state index is 14.3. The first kappa shape index (κ1) is 89.8. The number of hydrogen-bond donors (Lipinski definition) is 20. The second-order valence-electron chi connectivity index (χ2n) is 26.8. The summed E-state index contributed by atoms with van der Waals surface area (Å²) in [5.74, 6) is -13.9. The van der Waals surface area contributed by atoms with Gasteiger partial charge in [-0.2, -0.15) is 0 Å². The van der Waals surface area contributed by atoms with Gasteiger partial charge in [0, 0.05) is 0 Å². The molecule has 0 aromatic carbocycles. The Bertz CT molecular complexity index is 2520. The molecule has 0 saturated heterocycles. The van der Waals surface area contributed by atoms with Crippen LogP contribution in [0, 0.1) is 29.6 Å². The summed E-state index contributed by atoms with van der Waals surface area (Å²) < 4.78 is 0. The van der Waals surface area contributed by atoms with Crippen LogP contribution >= 0.6 is 0 Å². The van der Waals surface area contributed by atoms with Crippen LogP contribution in [0.15, 0.2) is 0 Å². The first-order valence-corrected chi connectivity index (χ1v) is 34.1. The Morgan fingerprint density at radius 1 is 0.289 bits per heavy atom. The number of nitrogens with one attached hydrogen (secondary N) is 12. The van der Waals surface area contributed by atoms with Crippen molar-refractivity contribution in [3.63, 3.8) is 0 Å². The molecule has 0 heterocycles. The summed E-state index contributed by atoms with van der Waals surface area (Å²) in [6.07, 6.45) is 1.53. The van der Waals surface area contributed by atoms with Crippen molar-refractivity contribution in [3.8, 4) is 0 Å². The molecule has 33 heteroatoms. The summed E-state index contributed by atoms with van der Waals surface area (Å²) in [5, 5.41) is 61.7. The van der Waals surface area contributed by atoms with Crippen molar-refractivity contribution in [2.24, 2.45) is 58.3 Å². The summed E-state index contributed by atoms with van der Waals surface area (Å²) in [7, 11) is 0. The number of carboxylic acids is 1. The van der Waals surface area contributed by atoms with Gasteiger partial charge in [-0.1, -0.05) is 75.7 Å². The molecule has 0 aromatic rings. The van der Waals surface area contributed by atoms with Gasteiger partial charge in [-0.05, 0) is 161 Å². The fourth-order valence-electron chi connectivity index (χ4n) is 9.93. The fourth-order valence-corrected chi connectivity index (χ4v) is 9.93. The average Bonchev–Trinajstić information content (AvgIpc) is 0.935. The van der Waals surface area contributed by atoms with Gasteiger partial charge in [0.25, 0.3) is 0 Å². The fraction of sp³-hybridized carbons (Fsp3) is 0.797. The normalized spacial score (nSPS) is 16.2. The van der Waals surface area contributed by atoms with E-state index in [0.717, 1.165) is 13.8 Å². The van der Waals surface area contributed by atoms with Crippen molar-refractivity contribution >= 4 is 76.9 Å². The lowest BCUT2D eigenvalue weighted by atomic mass is 9.98. The van der Waals surface area contributed by atoms with Gasteiger partial charge in [-0.3, -0.25) is 57.5 Å². The number of amides is 12. The SMILES string of the molecule is CC(C)C[C@H](NC(=O)[C@@H](NC(=O)[C@@H](NC(=O)[C@@H](NC(=O)[C@H](C)NC(=O)[C@H](C)NC(=O)[C@@H](NC(=O)[C@@H](NC(=O)[C@H](CCCCN)NC(=O)[C@H](CCCCN)NC(=O)[C@H](CCCCN)NC(=O)[C@@H](N)CCCCN)C(C)C)C(C)C)[C@@H](C)O)[C@@H](C)O)C(C)C)C(=O)N[C@H](C(=O)O)C(C)C. The Morgan fingerprint density at radius 2 is 0.536 bits per heavy atom. The third kappa shape index (κ3) is 33.8. The minimum absolute atomic E-state index is 0.0677. The number of carboxylic acid groups (broad SMARTS) is 1. The van der Waals surface area contributed by atoms with Gasteiger partial charge >= 0.3 is 5.97 Å². The van der Waals surface area contributed by atoms with E-state index in [2.05, 4.69) is 63.8 Å². The molecule has 0 saturated carbocycles. The smallest absolute Gasteiger partial charge is 0.326 e. The summed E-state index contributed by atoms with van der Waals surface area (Å²) in [6.45, 7) is 22.5. The highest BCUT2D eigenvalue weighted by molar-refractivity contribution is 6.00. The van der Waals surface area contributed by atoms with Crippen LogP contribution < -0.4 is 92.5 Å². The van der Waals surface area contributed by atoms with E-state index in [1.54, 1.807) is 69.2 Å². The van der Waals surface area contributed by atoms with Crippen LogP contribution in [0.4, 0.5) is 0 Å². The largest absolute Gasteiger partial charge is 0.480 e. The molecule has 97 heavy (non-hydrogen) atoms. The van der Waals surface area contributed by atoms with Crippen LogP contribution in [0.25, 0.3) is 0 Å². The van der Waals surface area contributed by atoms with Crippen molar-refractivity contribution in [1.82, 2.24) is 63.8 Å². The number of hydrogen-bond acceptors (Lipinski definition) is 20. The number of carbonyl (C=O) groups is 13. The molecule has 12 amide bonds. The summed E-state index contributed by atoms with van der Waals surface area (Å²) >= 11 is 0. The van der Waals surface area contributed by atoms with Crippen LogP contribution in [0.5, 0.6) is 0 Å². The molecule has 0 unspecified atom stereocenters. The molecule has 0 aliphatic rings. The zero-order valence-electron chi connectivity index (χ0n) is 59.6. The highest BCUT2D eigenvalue weighted by Gasteiger charge is 2.39. The molecule has 0 bridgehead atoms. The van der Waals surface area contributed by atoms with Crippen LogP contribution in [0.2, 0.25) is 0 Å². The lowest BCUT2D eigenvalue weighted by Gasteiger charge is -2.30. The Labute approximate surface area is 572 Å². The molecule has 0 rings (SSSR count). The van der Waals surface area contributed by atoms with E-state index in [9.17, 15) is 77.6 Å². The van der Waals surface area contributed by atoms with Gasteiger partial charge in [-0.25, -0.2) is 4.79 Å². The number of nitrogens with two attached hydrogens (primary N) is 5. The maximum absolute atomic E-state index is 14.3. The first-order valence-electron chi connectivity index (χ1n) is 34.1. The number of aliphatic hydroxyl groups excluding tert-OH is 2. The molecule has 0 fully saturated rings. The molecule has 33 nitrogen and oxygen atoms in total. The van der Waals surface area contributed by atoms with Crippen molar-refractivity contribution in [2.75, 3.05) is 26.2 Å². The van der Waals surface area contributed by atoms with E-state index < -0.39 is 191 Å². The van der Waals surface area contributed by atoms with Crippen molar-refractivity contribution in [1.29, 1.82) is 0 Å². The van der Waals surface area contributed by atoms with E-state index in [1.165, 1.54) is 13.8 Å². The third-order valence-corrected chi connectivity index (χ3v) is 16.0. The molecule has 558 valence electrons. The van der Waals surface area contributed by atoms with Crippen LogP contribution in [-0.4, -0.2) is 209 Å². The second kappa shape index (κ2) is 46.9. The first-order chi connectivity index (χ1) is 45.3. The molecule has 0 aromatic heterocycles. The highest BCUT2D eigenvalue weighted by Crippen LogP contribution is 2.15. The Balaban J connectivity index is 6.37. The summed E-state index contributed by atoms with van der Waals surface area (Å²) in [5.41, 5.74) is 29.0. The maximum Gasteiger partial charge on any atom is 0.326 e. The Morgan fingerprint density at radius 3 is 0.876 bits per heavy atom. The molecule has 0 aliphatic carbocycles. The topological polar surface area (TPSA) is 557 Å². The quantitative estimate of drug-likeness (QED) is 0.0260. The van der Waals surface area contributed by atoms with Gasteiger partial charge in [0.05, 0.1) is 18.2 Å². The Hall–Kier alpha value is -7.17. The van der Waals surface area contributed by atoms with Gasteiger partial charge in [0.2, 0.25) is 70.9 Å². The summed E-state index contributed by atoms with van der Waals surface area (Å²) in [6, 6.07) is -17.3. The van der Waals surface area contributed by atoms with Gasteiger partial charge in [0.1, 0.15) is 72.5 Å². The minimum Gasteiger partial charge on any atom is -0.480 e. The van der Waals surface area contributed by atoms with Crippen molar-refractivity contribution in [3.05, 3.63) is 0 Å². The Kier molecular flexibility index (Phi) is 43.5. The molecule has 0 aliphatic heterocycles. The van der Waals surface area contributed by atoms with Gasteiger partial charge in [0.15, 0.2) is 0 Å². The number of unbranched alkanes of at least 4 members (excludes halogenated alkanes) is 4. The average molecular weight is 1380 g/mol.